The molecule has 1 fully saturated rings. The van der Waals surface area contributed by atoms with Crippen molar-refractivity contribution in [1.29, 1.82) is 0 Å². The van der Waals surface area contributed by atoms with Crippen molar-refractivity contribution >= 4 is 11.3 Å². The molecule has 1 N–H and O–H groups in total. The van der Waals surface area contributed by atoms with Crippen LogP contribution in [0.3, 0.4) is 0 Å². The molecule has 1 aromatic heterocycles. The Morgan fingerprint density at radius 3 is 2.75 bits per heavy atom. The minimum Gasteiger partial charge on any atom is -0.311 e. The summed E-state index contributed by atoms with van der Waals surface area (Å²) in [6.07, 6.45) is 4.13. The van der Waals surface area contributed by atoms with E-state index < -0.39 is 0 Å². The van der Waals surface area contributed by atoms with Crippen LogP contribution >= 0.6 is 11.3 Å². The third-order valence-electron chi connectivity index (χ3n) is 3.58. The normalized spacial score (nSPS) is 18.0. The van der Waals surface area contributed by atoms with Gasteiger partial charge in [-0.3, -0.25) is 0 Å². The Labute approximate surface area is 102 Å². The summed E-state index contributed by atoms with van der Waals surface area (Å²) in [5.41, 5.74) is 1.84. The summed E-state index contributed by atoms with van der Waals surface area (Å²) in [6.45, 7) is 8.80. The molecule has 0 spiro atoms. The Morgan fingerprint density at radius 1 is 1.50 bits per heavy atom. The van der Waals surface area contributed by atoms with E-state index in [9.17, 15) is 0 Å². The average Bonchev–Trinajstić information content (AvgIpc) is 2.88. The highest BCUT2D eigenvalue weighted by Gasteiger charge is 2.39. The molecule has 1 heterocycles. The predicted octanol–water partition coefficient (Wildman–Crippen LogP) is 3.55. The first-order valence-corrected chi connectivity index (χ1v) is 7.18. The molecule has 1 aliphatic rings. The Kier molecular flexibility index (Phi) is 3.65. The van der Waals surface area contributed by atoms with Gasteiger partial charge >= 0.3 is 0 Å². The van der Waals surface area contributed by atoms with Gasteiger partial charge in [-0.05, 0) is 24.7 Å². The molecule has 0 aromatic carbocycles. The summed E-state index contributed by atoms with van der Waals surface area (Å²) in [5.74, 6) is 0.559. The van der Waals surface area contributed by atoms with Crippen LogP contribution in [0.4, 0.5) is 0 Å². The van der Waals surface area contributed by atoms with Gasteiger partial charge < -0.3 is 5.32 Å². The van der Waals surface area contributed by atoms with Gasteiger partial charge in [0.2, 0.25) is 0 Å². The Bertz CT molecular complexity index is 339. The molecule has 1 aliphatic carbocycles. The maximum atomic E-state index is 4.63. The number of hydrogen-bond donors (Lipinski definition) is 1. The number of aromatic nitrogens is 1. The van der Waals surface area contributed by atoms with Crippen LogP contribution < -0.4 is 5.32 Å². The van der Waals surface area contributed by atoms with Crippen LogP contribution in [0.2, 0.25) is 0 Å². The Morgan fingerprint density at radius 2 is 2.25 bits per heavy atom. The van der Waals surface area contributed by atoms with E-state index in [0.717, 1.165) is 13.1 Å². The summed E-state index contributed by atoms with van der Waals surface area (Å²) < 4.78 is 0. The third kappa shape index (κ3) is 2.83. The summed E-state index contributed by atoms with van der Waals surface area (Å²) in [7, 11) is 0. The second kappa shape index (κ2) is 4.84. The van der Waals surface area contributed by atoms with Crippen LogP contribution in [-0.4, -0.2) is 11.5 Å². The molecule has 3 heteroatoms. The minimum atomic E-state index is 0.559. The first-order valence-electron chi connectivity index (χ1n) is 6.30. The van der Waals surface area contributed by atoms with Crippen LogP contribution in [0.25, 0.3) is 0 Å². The molecular formula is C13H22N2S. The van der Waals surface area contributed by atoms with E-state index in [0.29, 0.717) is 11.3 Å². The van der Waals surface area contributed by atoms with Crippen LogP contribution in [0.15, 0.2) is 5.38 Å². The minimum absolute atomic E-state index is 0.559. The zero-order chi connectivity index (χ0) is 11.6. The molecule has 90 valence electrons. The highest BCUT2D eigenvalue weighted by Crippen LogP contribution is 2.47. The van der Waals surface area contributed by atoms with Gasteiger partial charge in [-0.25, -0.2) is 4.98 Å². The monoisotopic (exact) mass is 238 g/mol. The molecule has 0 bridgehead atoms. The molecule has 2 nitrogen and oxygen atoms in total. The summed E-state index contributed by atoms with van der Waals surface area (Å²) in [6, 6.07) is 0. The van der Waals surface area contributed by atoms with Gasteiger partial charge in [0.1, 0.15) is 0 Å². The molecule has 2 rings (SSSR count). The molecule has 0 radical (unpaired) electrons. The summed E-state index contributed by atoms with van der Waals surface area (Å²) >= 11 is 1.79. The van der Waals surface area contributed by atoms with Gasteiger partial charge in [-0.2, -0.15) is 0 Å². The van der Waals surface area contributed by atoms with Crippen LogP contribution in [0, 0.1) is 5.41 Å². The number of thiazole rings is 1. The van der Waals surface area contributed by atoms with Crippen LogP contribution in [-0.2, 0) is 6.54 Å². The predicted molar refractivity (Wildman–Crippen MR) is 69.9 cm³/mol. The van der Waals surface area contributed by atoms with Gasteiger partial charge in [-0.1, -0.05) is 20.8 Å². The van der Waals surface area contributed by atoms with Crippen molar-refractivity contribution in [3.05, 3.63) is 16.1 Å². The lowest BCUT2D eigenvalue weighted by Gasteiger charge is -2.12. The maximum Gasteiger partial charge on any atom is 0.0954 e. The average molecular weight is 238 g/mol. The van der Waals surface area contributed by atoms with Crippen molar-refractivity contribution in [3.8, 4) is 0 Å². The van der Waals surface area contributed by atoms with Gasteiger partial charge in [0.15, 0.2) is 0 Å². The number of nitrogens with zero attached hydrogens (tertiary/aromatic N) is 1. The second-order valence-corrected chi connectivity index (χ2v) is 6.18. The van der Waals surface area contributed by atoms with Crippen molar-refractivity contribution in [3.63, 3.8) is 0 Å². The van der Waals surface area contributed by atoms with Crippen molar-refractivity contribution in [2.45, 2.75) is 52.5 Å². The third-order valence-corrected chi connectivity index (χ3v) is 4.77. The number of rotatable bonds is 6. The lowest BCUT2D eigenvalue weighted by Crippen LogP contribution is -2.23. The Hall–Kier alpha value is -0.410. The molecule has 0 atom stereocenters. The van der Waals surface area contributed by atoms with Crippen LogP contribution in [0.1, 0.15) is 56.7 Å². The molecule has 0 unspecified atom stereocenters. The van der Waals surface area contributed by atoms with Crippen molar-refractivity contribution in [2.75, 3.05) is 6.54 Å². The van der Waals surface area contributed by atoms with E-state index in [2.05, 4.69) is 36.5 Å². The maximum absolute atomic E-state index is 4.63. The SMILES string of the molecule is CCC1(CNCc2csc(C(C)C)n2)CC1. The smallest absolute Gasteiger partial charge is 0.0954 e. The van der Waals surface area contributed by atoms with Crippen molar-refractivity contribution in [1.82, 2.24) is 10.3 Å². The molecule has 0 saturated heterocycles. The van der Waals surface area contributed by atoms with E-state index in [-0.39, 0.29) is 0 Å². The largest absolute Gasteiger partial charge is 0.311 e. The zero-order valence-electron chi connectivity index (χ0n) is 10.5. The van der Waals surface area contributed by atoms with Crippen molar-refractivity contribution < 1.29 is 0 Å². The lowest BCUT2D eigenvalue weighted by atomic mass is 10.0. The second-order valence-electron chi connectivity index (χ2n) is 5.29. The fourth-order valence-corrected chi connectivity index (χ4v) is 2.79. The first kappa shape index (κ1) is 12.1. The highest BCUT2D eigenvalue weighted by molar-refractivity contribution is 7.09. The number of nitrogens with one attached hydrogen (secondary N) is 1. The fourth-order valence-electron chi connectivity index (χ4n) is 1.96. The zero-order valence-corrected chi connectivity index (χ0v) is 11.4. The van der Waals surface area contributed by atoms with E-state index >= 15 is 0 Å². The molecule has 0 aliphatic heterocycles. The summed E-state index contributed by atoms with van der Waals surface area (Å²) in [4.78, 5) is 4.63. The Balaban J connectivity index is 1.77. The van der Waals surface area contributed by atoms with Gasteiger partial charge in [0, 0.05) is 24.4 Å². The lowest BCUT2D eigenvalue weighted by molar-refractivity contribution is 0.442. The molecule has 16 heavy (non-hydrogen) atoms. The first-order chi connectivity index (χ1) is 7.65. The van der Waals surface area contributed by atoms with E-state index in [4.69, 9.17) is 0 Å². The van der Waals surface area contributed by atoms with E-state index in [1.807, 2.05) is 0 Å². The van der Waals surface area contributed by atoms with Crippen LogP contribution in [0.5, 0.6) is 0 Å². The van der Waals surface area contributed by atoms with Crippen molar-refractivity contribution in [2.24, 2.45) is 5.41 Å². The summed E-state index contributed by atoms with van der Waals surface area (Å²) in [5, 5.41) is 7.00. The molecule has 1 aromatic rings. The molecule has 0 amide bonds. The van der Waals surface area contributed by atoms with Gasteiger partial charge in [0.05, 0.1) is 10.7 Å². The fraction of sp³-hybridized carbons (Fsp3) is 0.769. The number of hydrogen-bond acceptors (Lipinski definition) is 3. The van der Waals surface area contributed by atoms with E-state index in [1.165, 1.54) is 30.0 Å². The van der Waals surface area contributed by atoms with Gasteiger partial charge in [-0.15, -0.1) is 11.3 Å². The highest BCUT2D eigenvalue weighted by atomic mass is 32.1. The molecular weight excluding hydrogens is 216 g/mol. The van der Waals surface area contributed by atoms with Gasteiger partial charge in [0.25, 0.3) is 0 Å². The quantitative estimate of drug-likeness (QED) is 0.820. The molecule has 1 saturated carbocycles. The van der Waals surface area contributed by atoms with E-state index in [1.54, 1.807) is 11.3 Å². The standard InChI is InChI=1S/C13H22N2S/c1-4-13(5-6-13)9-14-7-11-8-16-12(15-11)10(2)3/h8,10,14H,4-7,9H2,1-3H3. The topological polar surface area (TPSA) is 24.9 Å².